The zero-order valence-electron chi connectivity index (χ0n) is 18.6. The molecule has 3 N–H and O–H groups in total. The molecular formula is C22H30N5O5+. The molecule has 1 atom stereocenters. The molecule has 2 fully saturated rings. The summed E-state index contributed by atoms with van der Waals surface area (Å²) in [5, 5.41) is 16.6. The van der Waals surface area contributed by atoms with Crippen molar-refractivity contribution in [1.82, 2.24) is 19.8 Å². The molecule has 172 valence electrons. The van der Waals surface area contributed by atoms with Gasteiger partial charge in [-0.2, -0.15) is 4.57 Å². The van der Waals surface area contributed by atoms with Crippen molar-refractivity contribution >= 4 is 23.5 Å². The average Bonchev–Trinajstić information content (AvgIpc) is 3.26. The monoisotopic (exact) mass is 444 g/mol. The van der Waals surface area contributed by atoms with Crippen LogP contribution in [-0.2, 0) is 16.1 Å². The molecule has 10 nitrogen and oxygen atoms in total. The molecule has 1 aliphatic heterocycles. The van der Waals surface area contributed by atoms with E-state index in [1.165, 1.54) is 10.6 Å². The van der Waals surface area contributed by atoms with Crippen molar-refractivity contribution in [3.05, 3.63) is 33.8 Å². The van der Waals surface area contributed by atoms with Gasteiger partial charge in [0.15, 0.2) is 0 Å². The number of ether oxygens (including phenoxy) is 1. The van der Waals surface area contributed by atoms with E-state index in [0.717, 1.165) is 19.3 Å². The normalized spacial score (nSPS) is 18.9. The predicted octanol–water partition coefficient (Wildman–Crippen LogP) is 0.429. The smallest absolute Gasteiger partial charge is 0.378 e. The third-order valence-electron chi connectivity index (χ3n) is 5.85. The highest BCUT2D eigenvalue weighted by atomic mass is 16.5. The molecule has 1 saturated carbocycles. The van der Waals surface area contributed by atoms with Crippen LogP contribution in [0.4, 0.5) is 0 Å². The SMILES string of the molecule is CO[C@H]1CCN(C(=O)/C=C/c2c[nH]n3c(=O)c(C(=O)NC4CC4)c(O)[n+](CC(C)C)c23)C1. The van der Waals surface area contributed by atoms with Gasteiger partial charge in [0.25, 0.3) is 5.91 Å². The van der Waals surface area contributed by atoms with Gasteiger partial charge in [-0.3, -0.25) is 9.59 Å². The first-order valence-electron chi connectivity index (χ1n) is 11.0. The Morgan fingerprint density at radius 3 is 2.75 bits per heavy atom. The van der Waals surface area contributed by atoms with Crippen LogP contribution in [0, 0.1) is 5.92 Å². The molecule has 2 aromatic heterocycles. The van der Waals surface area contributed by atoms with Crippen molar-refractivity contribution in [3.8, 4) is 5.88 Å². The number of aromatic hydroxyl groups is 1. The number of aromatic nitrogens is 3. The number of likely N-dealkylation sites (tertiary alicyclic amines) is 1. The zero-order valence-corrected chi connectivity index (χ0v) is 18.6. The van der Waals surface area contributed by atoms with Crippen LogP contribution in [0.25, 0.3) is 11.7 Å². The van der Waals surface area contributed by atoms with E-state index in [-0.39, 0.29) is 35.4 Å². The predicted molar refractivity (Wildman–Crippen MR) is 116 cm³/mol. The lowest BCUT2D eigenvalue weighted by molar-refractivity contribution is -0.686. The molecule has 4 rings (SSSR count). The Kier molecular flexibility index (Phi) is 6.05. The van der Waals surface area contributed by atoms with Crippen molar-refractivity contribution in [1.29, 1.82) is 0 Å². The second-order valence-electron chi connectivity index (χ2n) is 8.91. The Morgan fingerprint density at radius 2 is 2.12 bits per heavy atom. The standard InChI is InChI=1S/C22H29N5O5/c1-13(2)11-26-20-14(4-7-17(28)25-9-8-16(12-25)32-3)10-23-27(20)22(31)18(21(26)30)19(29)24-15-5-6-15/h4,7,10,13,15-16H,5-6,8-9,11-12H2,1-3H3,(H2,24,29,30,31)/p+1/b7-4+/t16-/m0/s1. The van der Waals surface area contributed by atoms with E-state index in [0.29, 0.717) is 30.8 Å². The Bertz CT molecular complexity index is 1130. The van der Waals surface area contributed by atoms with Gasteiger partial charge in [0, 0.05) is 32.3 Å². The van der Waals surface area contributed by atoms with Crippen molar-refractivity contribution in [2.24, 2.45) is 5.92 Å². The second kappa shape index (κ2) is 8.78. The molecule has 2 amide bonds. The number of carbonyl (C=O) groups excluding carboxylic acids is 2. The maximum atomic E-state index is 13.0. The molecule has 1 saturated heterocycles. The second-order valence-corrected chi connectivity index (χ2v) is 8.91. The number of aromatic amines is 1. The third-order valence-corrected chi connectivity index (χ3v) is 5.85. The number of hydrogen-bond acceptors (Lipinski definition) is 5. The summed E-state index contributed by atoms with van der Waals surface area (Å²) in [5.41, 5.74) is 0.0303. The largest absolute Gasteiger partial charge is 0.477 e. The van der Waals surface area contributed by atoms with Crippen molar-refractivity contribution in [2.45, 2.75) is 51.8 Å². The van der Waals surface area contributed by atoms with Gasteiger partial charge in [-0.15, -0.1) is 0 Å². The Labute approximate surface area is 185 Å². The fourth-order valence-corrected chi connectivity index (χ4v) is 3.99. The average molecular weight is 445 g/mol. The maximum Gasteiger partial charge on any atom is 0.378 e. The molecule has 2 aliphatic rings. The van der Waals surface area contributed by atoms with Gasteiger partial charge < -0.3 is 20.1 Å². The van der Waals surface area contributed by atoms with Crippen molar-refractivity contribution in [2.75, 3.05) is 20.2 Å². The summed E-state index contributed by atoms with van der Waals surface area (Å²) in [6.45, 7) is 5.50. The fourth-order valence-electron chi connectivity index (χ4n) is 3.99. The van der Waals surface area contributed by atoms with Gasteiger partial charge in [-0.05, 0) is 31.3 Å². The minimum Gasteiger partial charge on any atom is -0.477 e. The van der Waals surface area contributed by atoms with Gasteiger partial charge in [0.1, 0.15) is 0 Å². The Balaban J connectivity index is 1.72. The van der Waals surface area contributed by atoms with Gasteiger partial charge in [0.2, 0.25) is 11.5 Å². The van der Waals surface area contributed by atoms with E-state index in [1.807, 2.05) is 13.8 Å². The number of fused-ring (bicyclic) bond motifs is 1. The lowest BCUT2D eigenvalue weighted by Gasteiger charge is -2.13. The molecule has 32 heavy (non-hydrogen) atoms. The number of hydrogen-bond donors (Lipinski definition) is 3. The van der Waals surface area contributed by atoms with Crippen LogP contribution in [0.3, 0.4) is 0 Å². The summed E-state index contributed by atoms with van der Waals surface area (Å²) in [4.78, 5) is 40.0. The number of nitrogens with zero attached hydrogens (tertiary/aromatic N) is 3. The molecule has 0 unspecified atom stereocenters. The Hall–Kier alpha value is -3.14. The first-order valence-corrected chi connectivity index (χ1v) is 11.0. The van der Waals surface area contributed by atoms with E-state index < -0.39 is 11.5 Å². The van der Waals surface area contributed by atoms with Crippen molar-refractivity contribution < 1.29 is 24.0 Å². The highest BCUT2D eigenvalue weighted by Crippen LogP contribution is 2.21. The zero-order chi connectivity index (χ0) is 23.0. The number of carbonyl (C=O) groups is 2. The maximum absolute atomic E-state index is 13.0. The number of methoxy groups -OCH3 is 1. The number of amides is 2. The summed E-state index contributed by atoms with van der Waals surface area (Å²) in [6.07, 6.45) is 7.24. The highest BCUT2D eigenvalue weighted by molar-refractivity contribution is 5.96. The summed E-state index contributed by atoms with van der Waals surface area (Å²) < 4.78 is 8.10. The van der Waals surface area contributed by atoms with E-state index in [9.17, 15) is 19.5 Å². The van der Waals surface area contributed by atoms with Gasteiger partial charge in [-0.25, -0.2) is 9.89 Å². The van der Waals surface area contributed by atoms with Crippen LogP contribution in [-0.4, -0.2) is 63.8 Å². The van der Waals surface area contributed by atoms with Crippen LogP contribution in [0.2, 0.25) is 0 Å². The molecule has 3 heterocycles. The summed E-state index contributed by atoms with van der Waals surface area (Å²) in [5.74, 6) is -0.961. The summed E-state index contributed by atoms with van der Waals surface area (Å²) in [7, 11) is 1.64. The topological polar surface area (TPSA) is 120 Å². The number of H-pyrrole nitrogens is 1. The number of nitrogens with one attached hydrogen (secondary N) is 2. The van der Waals surface area contributed by atoms with Gasteiger partial charge in [0.05, 0.1) is 24.4 Å². The van der Waals surface area contributed by atoms with Gasteiger partial charge >= 0.3 is 17.1 Å². The molecule has 0 bridgehead atoms. The van der Waals surface area contributed by atoms with Crippen LogP contribution in [0.1, 0.15) is 49.0 Å². The first kappa shape index (κ1) is 22.1. The minimum absolute atomic E-state index is 0.0457. The van der Waals surface area contributed by atoms with E-state index in [4.69, 9.17) is 4.74 Å². The van der Waals surface area contributed by atoms with Crippen LogP contribution >= 0.6 is 0 Å². The molecule has 10 heteroatoms. The molecule has 0 radical (unpaired) electrons. The van der Waals surface area contributed by atoms with E-state index >= 15 is 0 Å². The van der Waals surface area contributed by atoms with Crippen LogP contribution in [0.5, 0.6) is 5.88 Å². The molecule has 0 aromatic carbocycles. The Morgan fingerprint density at radius 1 is 1.38 bits per heavy atom. The molecule has 1 aliphatic carbocycles. The molecule has 2 aromatic rings. The minimum atomic E-state index is -0.635. The van der Waals surface area contributed by atoms with Gasteiger partial charge in [-0.1, -0.05) is 18.4 Å². The lowest BCUT2D eigenvalue weighted by Crippen LogP contribution is -2.46. The van der Waals surface area contributed by atoms with E-state index in [1.54, 1.807) is 28.8 Å². The quantitative estimate of drug-likeness (QED) is 0.423. The van der Waals surface area contributed by atoms with Crippen molar-refractivity contribution in [3.63, 3.8) is 0 Å². The summed E-state index contributed by atoms with van der Waals surface area (Å²) in [6, 6.07) is 0.0528. The first-order chi connectivity index (χ1) is 15.3. The fraction of sp³-hybridized carbons (Fsp3) is 0.545. The summed E-state index contributed by atoms with van der Waals surface area (Å²) >= 11 is 0. The lowest BCUT2D eigenvalue weighted by atomic mass is 10.2. The van der Waals surface area contributed by atoms with Crippen LogP contribution < -0.4 is 15.4 Å². The van der Waals surface area contributed by atoms with E-state index in [2.05, 4.69) is 10.4 Å². The highest BCUT2D eigenvalue weighted by Gasteiger charge is 2.34. The molecular weight excluding hydrogens is 414 g/mol. The molecule has 0 spiro atoms. The van der Waals surface area contributed by atoms with Crippen LogP contribution in [0.15, 0.2) is 17.1 Å². The third kappa shape index (κ3) is 4.27. The number of rotatable bonds is 7.